The second-order valence-corrected chi connectivity index (χ2v) is 8.02. The van der Waals surface area contributed by atoms with Crippen molar-refractivity contribution in [2.45, 2.75) is 59.5 Å². The SMILES string of the molecule is CC(O)c1csc(NC(=O)C2CCC(C(C)(C)C)CC2)n1. The monoisotopic (exact) mass is 310 g/mol. The molecule has 1 aliphatic rings. The third-order valence-electron chi connectivity index (χ3n) is 4.50. The summed E-state index contributed by atoms with van der Waals surface area (Å²) >= 11 is 1.37. The number of hydrogen-bond acceptors (Lipinski definition) is 4. The normalized spacial score (nSPS) is 24.6. The lowest BCUT2D eigenvalue weighted by atomic mass is 9.70. The molecule has 0 spiro atoms. The molecule has 1 fully saturated rings. The van der Waals surface area contributed by atoms with Gasteiger partial charge in [0.15, 0.2) is 5.13 Å². The lowest BCUT2D eigenvalue weighted by Gasteiger charge is -2.36. The van der Waals surface area contributed by atoms with Gasteiger partial charge in [-0.25, -0.2) is 4.98 Å². The van der Waals surface area contributed by atoms with E-state index in [-0.39, 0.29) is 11.8 Å². The van der Waals surface area contributed by atoms with E-state index < -0.39 is 6.10 Å². The number of aromatic nitrogens is 1. The summed E-state index contributed by atoms with van der Waals surface area (Å²) in [5.41, 5.74) is 0.954. The Balaban J connectivity index is 1.87. The highest BCUT2D eigenvalue weighted by molar-refractivity contribution is 7.13. The van der Waals surface area contributed by atoms with Gasteiger partial charge in [0.2, 0.25) is 5.91 Å². The number of carbonyl (C=O) groups is 1. The van der Waals surface area contributed by atoms with Crippen molar-refractivity contribution < 1.29 is 9.90 Å². The molecule has 0 saturated heterocycles. The minimum Gasteiger partial charge on any atom is -0.387 e. The van der Waals surface area contributed by atoms with Crippen LogP contribution in [-0.2, 0) is 4.79 Å². The van der Waals surface area contributed by atoms with Crippen LogP contribution in [-0.4, -0.2) is 16.0 Å². The molecule has 1 unspecified atom stereocenters. The van der Waals surface area contributed by atoms with E-state index in [9.17, 15) is 9.90 Å². The van der Waals surface area contributed by atoms with Crippen LogP contribution in [0.4, 0.5) is 5.13 Å². The Hall–Kier alpha value is -0.940. The van der Waals surface area contributed by atoms with Gasteiger partial charge in [-0.3, -0.25) is 4.79 Å². The van der Waals surface area contributed by atoms with Crippen molar-refractivity contribution in [1.29, 1.82) is 0 Å². The van der Waals surface area contributed by atoms with Crippen LogP contribution in [0.2, 0.25) is 0 Å². The lowest BCUT2D eigenvalue weighted by Crippen LogP contribution is -2.31. The maximum atomic E-state index is 12.3. The fourth-order valence-electron chi connectivity index (χ4n) is 2.96. The number of nitrogens with one attached hydrogen (secondary N) is 1. The topological polar surface area (TPSA) is 62.2 Å². The van der Waals surface area contributed by atoms with Gasteiger partial charge in [0.1, 0.15) is 0 Å². The van der Waals surface area contributed by atoms with Crippen molar-refractivity contribution in [1.82, 2.24) is 4.98 Å². The summed E-state index contributed by atoms with van der Waals surface area (Å²) in [7, 11) is 0. The van der Waals surface area contributed by atoms with Gasteiger partial charge in [0, 0.05) is 11.3 Å². The molecule has 0 radical (unpaired) electrons. The quantitative estimate of drug-likeness (QED) is 0.887. The number of amides is 1. The van der Waals surface area contributed by atoms with E-state index in [0.29, 0.717) is 22.2 Å². The van der Waals surface area contributed by atoms with Crippen molar-refractivity contribution in [3.05, 3.63) is 11.1 Å². The second kappa shape index (κ2) is 6.44. The molecule has 2 N–H and O–H groups in total. The molecule has 1 amide bonds. The summed E-state index contributed by atoms with van der Waals surface area (Å²) in [4.78, 5) is 16.5. The molecule has 21 heavy (non-hydrogen) atoms. The molecule has 0 aromatic carbocycles. The predicted octanol–water partition coefficient (Wildman–Crippen LogP) is 3.99. The summed E-state index contributed by atoms with van der Waals surface area (Å²) in [6, 6.07) is 0. The molecule has 4 nitrogen and oxygen atoms in total. The van der Waals surface area contributed by atoms with Crippen LogP contribution in [0.15, 0.2) is 5.38 Å². The number of carbonyl (C=O) groups excluding carboxylic acids is 1. The van der Waals surface area contributed by atoms with Crippen LogP contribution in [0.25, 0.3) is 0 Å². The zero-order chi connectivity index (χ0) is 15.6. The Kier molecular flexibility index (Phi) is 5.04. The maximum absolute atomic E-state index is 12.3. The van der Waals surface area contributed by atoms with E-state index in [4.69, 9.17) is 0 Å². The molecule has 1 heterocycles. The van der Waals surface area contributed by atoms with Crippen molar-refractivity contribution in [2.75, 3.05) is 5.32 Å². The van der Waals surface area contributed by atoms with E-state index >= 15 is 0 Å². The standard InChI is InChI=1S/C16H26N2O2S/c1-10(19)13-9-21-15(17-13)18-14(20)11-5-7-12(8-6-11)16(2,3)4/h9-12,19H,5-8H2,1-4H3,(H,17,18,20). The Morgan fingerprint density at radius 3 is 2.48 bits per heavy atom. The van der Waals surface area contributed by atoms with Gasteiger partial charge in [-0.15, -0.1) is 11.3 Å². The zero-order valence-corrected chi connectivity index (χ0v) is 14.2. The minimum absolute atomic E-state index is 0.0776. The van der Waals surface area contributed by atoms with Crippen LogP contribution in [0.5, 0.6) is 0 Å². The summed E-state index contributed by atoms with van der Waals surface area (Å²) < 4.78 is 0. The summed E-state index contributed by atoms with van der Waals surface area (Å²) in [6.07, 6.45) is 3.58. The lowest BCUT2D eigenvalue weighted by molar-refractivity contribution is -0.121. The van der Waals surface area contributed by atoms with E-state index in [1.165, 1.54) is 11.3 Å². The number of hydrogen-bond donors (Lipinski definition) is 2. The Labute approximate surface area is 131 Å². The maximum Gasteiger partial charge on any atom is 0.229 e. The predicted molar refractivity (Wildman–Crippen MR) is 86.3 cm³/mol. The molecule has 2 rings (SSSR count). The Bertz CT molecular complexity index is 483. The fraction of sp³-hybridized carbons (Fsp3) is 0.750. The Morgan fingerprint density at radius 2 is 2.00 bits per heavy atom. The van der Waals surface area contributed by atoms with Gasteiger partial charge in [0.05, 0.1) is 11.8 Å². The van der Waals surface area contributed by atoms with Gasteiger partial charge < -0.3 is 10.4 Å². The third kappa shape index (κ3) is 4.27. The van der Waals surface area contributed by atoms with Crippen LogP contribution >= 0.6 is 11.3 Å². The molecule has 118 valence electrons. The highest BCUT2D eigenvalue weighted by Crippen LogP contribution is 2.40. The molecular formula is C16H26N2O2S. The highest BCUT2D eigenvalue weighted by atomic mass is 32.1. The van der Waals surface area contributed by atoms with Crippen molar-refractivity contribution in [2.24, 2.45) is 17.3 Å². The molecular weight excluding hydrogens is 284 g/mol. The largest absolute Gasteiger partial charge is 0.387 e. The Morgan fingerprint density at radius 1 is 1.38 bits per heavy atom. The van der Waals surface area contributed by atoms with Crippen molar-refractivity contribution >= 4 is 22.4 Å². The number of aliphatic hydroxyl groups is 1. The van der Waals surface area contributed by atoms with Crippen LogP contribution in [0.1, 0.15) is 65.2 Å². The van der Waals surface area contributed by atoms with Crippen LogP contribution in [0.3, 0.4) is 0 Å². The van der Waals surface area contributed by atoms with Crippen LogP contribution in [0, 0.1) is 17.3 Å². The van der Waals surface area contributed by atoms with Gasteiger partial charge in [-0.05, 0) is 43.9 Å². The average Bonchev–Trinajstić information content (AvgIpc) is 2.86. The van der Waals surface area contributed by atoms with Gasteiger partial charge in [0.25, 0.3) is 0 Å². The molecule has 1 saturated carbocycles. The molecule has 0 bridgehead atoms. The minimum atomic E-state index is -0.589. The smallest absolute Gasteiger partial charge is 0.229 e. The number of anilines is 1. The number of nitrogens with zero attached hydrogens (tertiary/aromatic N) is 1. The van der Waals surface area contributed by atoms with E-state index in [2.05, 4.69) is 31.1 Å². The summed E-state index contributed by atoms with van der Waals surface area (Å²) in [5, 5.41) is 14.7. The molecule has 0 aliphatic heterocycles. The summed E-state index contributed by atoms with van der Waals surface area (Å²) in [6.45, 7) is 8.52. The highest BCUT2D eigenvalue weighted by Gasteiger charge is 2.32. The van der Waals surface area contributed by atoms with Gasteiger partial charge in [-0.1, -0.05) is 20.8 Å². The number of aliphatic hydroxyl groups excluding tert-OH is 1. The number of thiazole rings is 1. The first kappa shape index (κ1) is 16.4. The van der Waals surface area contributed by atoms with Crippen LogP contribution < -0.4 is 5.32 Å². The second-order valence-electron chi connectivity index (χ2n) is 7.16. The first-order valence-electron chi connectivity index (χ1n) is 7.71. The molecule has 5 heteroatoms. The van der Waals surface area contributed by atoms with E-state index in [0.717, 1.165) is 25.7 Å². The first-order chi connectivity index (χ1) is 9.77. The van der Waals surface area contributed by atoms with Crippen molar-refractivity contribution in [3.8, 4) is 0 Å². The number of rotatable bonds is 3. The molecule has 1 aliphatic carbocycles. The van der Waals surface area contributed by atoms with E-state index in [1.807, 2.05) is 0 Å². The zero-order valence-electron chi connectivity index (χ0n) is 13.3. The fourth-order valence-corrected chi connectivity index (χ4v) is 3.76. The summed E-state index contributed by atoms with van der Waals surface area (Å²) in [5.74, 6) is 0.889. The van der Waals surface area contributed by atoms with Gasteiger partial charge in [-0.2, -0.15) is 0 Å². The van der Waals surface area contributed by atoms with Crippen molar-refractivity contribution in [3.63, 3.8) is 0 Å². The molecule has 1 aromatic rings. The first-order valence-corrected chi connectivity index (χ1v) is 8.59. The van der Waals surface area contributed by atoms with E-state index in [1.54, 1.807) is 12.3 Å². The molecule has 1 atom stereocenters. The third-order valence-corrected chi connectivity index (χ3v) is 5.28. The molecule has 1 aromatic heterocycles. The average molecular weight is 310 g/mol. The van der Waals surface area contributed by atoms with Gasteiger partial charge >= 0.3 is 0 Å².